The molecule has 0 aliphatic carbocycles. The number of carbonyl (C=O) groups excluding carboxylic acids is 1. The van der Waals surface area contributed by atoms with E-state index in [9.17, 15) is 9.90 Å². The van der Waals surface area contributed by atoms with Gasteiger partial charge in [0.15, 0.2) is 11.5 Å². The highest BCUT2D eigenvalue weighted by Crippen LogP contribution is 2.38. The van der Waals surface area contributed by atoms with E-state index in [4.69, 9.17) is 9.47 Å². The van der Waals surface area contributed by atoms with Gasteiger partial charge in [0.1, 0.15) is 6.23 Å². The summed E-state index contributed by atoms with van der Waals surface area (Å²) in [4.78, 5) is 19.1. The second-order valence-electron chi connectivity index (χ2n) is 5.86. The summed E-state index contributed by atoms with van der Waals surface area (Å²) < 4.78 is 11.0. The van der Waals surface area contributed by atoms with E-state index in [1.807, 2.05) is 0 Å². The maximum Gasteiger partial charge on any atom is 0.258 e. The van der Waals surface area contributed by atoms with Gasteiger partial charge in [0.05, 0.1) is 24.4 Å². The van der Waals surface area contributed by atoms with Crippen molar-refractivity contribution in [2.75, 3.05) is 13.7 Å². The minimum atomic E-state index is -0.212. The molecule has 124 valence electrons. The number of aromatic hydroxyl groups is 1. The van der Waals surface area contributed by atoms with E-state index < -0.39 is 0 Å². The van der Waals surface area contributed by atoms with Crippen LogP contribution in [0, 0.1) is 0 Å². The molecule has 0 bridgehead atoms. The lowest BCUT2D eigenvalue weighted by atomic mass is 10.1. The molecule has 3 rings (SSSR count). The summed E-state index contributed by atoms with van der Waals surface area (Å²) in [6.45, 7) is 2.76. The molecule has 0 saturated carbocycles. The summed E-state index contributed by atoms with van der Waals surface area (Å²) >= 11 is 0. The molecule has 0 unspecified atom stereocenters. The van der Waals surface area contributed by atoms with Crippen molar-refractivity contribution >= 4 is 17.8 Å². The largest absolute Gasteiger partial charge is 0.504 e. The molecule has 0 aromatic heterocycles. The molecule has 1 saturated heterocycles. The minimum absolute atomic E-state index is 0.0194. The Morgan fingerprint density at radius 2 is 2.22 bits per heavy atom. The maximum absolute atomic E-state index is 13.0. The molecule has 1 amide bonds. The number of methoxy groups -OCH3 is 1. The number of fused-ring (bicyclic) bond motifs is 2. The van der Waals surface area contributed by atoms with Gasteiger partial charge in [-0.3, -0.25) is 9.79 Å². The van der Waals surface area contributed by atoms with E-state index in [1.54, 1.807) is 17.2 Å². The number of rotatable bonds is 5. The Bertz CT molecular complexity index is 629. The Kier molecular flexibility index (Phi) is 4.52. The van der Waals surface area contributed by atoms with Gasteiger partial charge in [-0.1, -0.05) is 13.3 Å². The second kappa shape index (κ2) is 6.58. The average molecular weight is 318 g/mol. The first-order valence-electron chi connectivity index (χ1n) is 8.05. The normalized spacial score (nSPS) is 22.7. The third kappa shape index (κ3) is 2.91. The van der Waals surface area contributed by atoms with Gasteiger partial charge in [-0.2, -0.15) is 0 Å². The van der Waals surface area contributed by atoms with Crippen LogP contribution in [0.25, 0.3) is 0 Å². The van der Waals surface area contributed by atoms with Crippen LogP contribution in [-0.2, 0) is 4.74 Å². The number of phenols is 1. The Balaban J connectivity index is 1.90. The number of hydrogen-bond donors (Lipinski definition) is 1. The highest BCUT2D eigenvalue weighted by atomic mass is 16.5. The van der Waals surface area contributed by atoms with Crippen molar-refractivity contribution < 1.29 is 19.4 Å². The molecule has 2 aliphatic heterocycles. The topological polar surface area (TPSA) is 71.4 Å². The van der Waals surface area contributed by atoms with Crippen LogP contribution in [0.5, 0.6) is 11.5 Å². The highest BCUT2D eigenvalue weighted by molar-refractivity contribution is 6.03. The number of phenolic OH excluding ortho intramolecular Hbond substituents is 1. The number of nitrogens with zero attached hydrogens (tertiary/aromatic N) is 2. The fourth-order valence-electron chi connectivity index (χ4n) is 3.06. The number of unbranched alkanes of at least 4 members (excludes halogenated alkanes) is 1. The summed E-state index contributed by atoms with van der Waals surface area (Å²) in [5.41, 5.74) is 0.902. The third-order valence-corrected chi connectivity index (χ3v) is 4.33. The van der Waals surface area contributed by atoms with Crippen molar-refractivity contribution in [1.82, 2.24) is 4.90 Å². The van der Waals surface area contributed by atoms with Crippen molar-refractivity contribution in [2.45, 2.75) is 44.9 Å². The first kappa shape index (κ1) is 15.8. The monoisotopic (exact) mass is 318 g/mol. The fraction of sp³-hybridized carbons (Fsp3) is 0.529. The molecular weight excluding hydrogens is 296 g/mol. The van der Waals surface area contributed by atoms with Crippen LogP contribution in [0.1, 0.15) is 43.0 Å². The van der Waals surface area contributed by atoms with Gasteiger partial charge < -0.3 is 19.5 Å². The van der Waals surface area contributed by atoms with Gasteiger partial charge >= 0.3 is 0 Å². The Labute approximate surface area is 135 Å². The SMILES string of the molecule is CCCCO[C@H]1CC[C@H]2C=Nc3cc(O)c(OC)cc3C(=O)N21. The Morgan fingerprint density at radius 1 is 1.39 bits per heavy atom. The predicted molar refractivity (Wildman–Crippen MR) is 86.7 cm³/mol. The molecule has 1 N–H and O–H groups in total. The fourth-order valence-corrected chi connectivity index (χ4v) is 3.06. The molecule has 1 aromatic rings. The van der Waals surface area contributed by atoms with Gasteiger partial charge in [0, 0.05) is 18.9 Å². The zero-order chi connectivity index (χ0) is 16.4. The van der Waals surface area contributed by atoms with Crippen LogP contribution < -0.4 is 4.74 Å². The molecule has 2 heterocycles. The number of amides is 1. The van der Waals surface area contributed by atoms with E-state index in [1.165, 1.54) is 13.2 Å². The molecule has 1 aromatic carbocycles. The summed E-state index contributed by atoms with van der Waals surface area (Å²) in [6, 6.07) is 2.96. The molecular formula is C17H22N2O4. The quantitative estimate of drug-likeness (QED) is 0.847. The Morgan fingerprint density at radius 3 is 2.96 bits per heavy atom. The smallest absolute Gasteiger partial charge is 0.258 e. The van der Waals surface area contributed by atoms with Crippen molar-refractivity contribution in [3.05, 3.63) is 17.7 Å². The number of benzene rings is 1. The highest BCUT2D eigenvalue weighted by Gasteiger charge is 2.39. The lowest BCUT2D eigenvalue weighted by molar-refractivity contribution is -0.0296. The second-order valence-corrected chi connectivity index (χ2v) is 5.86. The number of hydrogen-bond acceptors (Lipinski definition) is 5. The molecule has 6 nitrogen and oxygen atoms in total. The van der Waals surface area contributed by atoms with Gasteiger partial charge in [-0.05, 0) is 25.3 Å². The van der Waals surface area contributed by atoms with E-state index in [-0.39, 0.29) is 29.7 Å². The van der Waals surface area contributed by atoms with Crippen LogP contribution in [0.2, 0.25) is 0 Å². The van der Waals surface area contributed by atoms with Crippen LogP contribution in [0.15, 0.2) is 17.1 Å². The third-order valence-electron chi connectivity index (χ3n) is 4.33. The minimum Gasteiger partial charge on any atom is -0.504 e. The van der Waals surface area contributed by atoms with Gasteiger partial charge in [0.2, 0.25) is 0 Å². The van der Waals surface area contributed by atoms with E-state index in [0.29, 0.717) is 17.9 Å². The van der Waals surface area contributed by atoms with Crippen LogP contribution in [0.4, 0.5) is 5.69 Å². The molecule has 0 spiro atoms. The van der Waals surface area contributed by atoms with Crippen LogP contribution in [-0.4, -0.2) is 48.1 Å². The zero-order valence-corrected chi connectivity index (χ0v) is 13.5. The first-order chi connectivity index (χ1) is 11.2. The van der Waals surface area contributed by atoms with Crippen LogP contribution in [0.3, 0.4) is 0 Å². The summed E-state index contributed by atoms with van der Waals surface area (Å²) in [5.74, 6) is 0.127. The number of ether oxygens (including phenoxy) is 2. The van der Waals surface area contributed by atoms with Crippen molar-refractivity contribution in [3.8, 4) is 11.5 Å². The molecule has 23 heavy (non-hydrogen) atoms. The van der Waals surface area contributed by atoms with Crippen molar-refractivity contribution in [3.63, 3.8) is 0 Å². The predicted octanol–water partition coefficient (Wildman–Crippen LogP) is 2.86. The van der Waals surface area contributed by atoms with Gasteiger partial charge in [0.25, 0.3) is 5.91 Å². The molecule has 0 radical (unpaired) electrons. The molecule has 2 atom stereocenters. The lowest BCUT2D eigenvalue weighted by Crippen LogP contribution is -2.42. The maximum atomic E-state index is 13.0. The number of carbonyl (C=O) groups is 1. The zero-order valence-electron chi connectivity index (χ0n) is 13.5. The number of aliphatic imine (C=N–C) groups is 1. The molecule has 1 fully saturated rings. The van der Waals surface area contributed by atoms with Crippen molar-refractivity contribution in [1.29, 1.82) is 0 Å². The summed E-state index contributed by atoms with van der Waals surface area (Å²) in [6.07, 6.45) is 5.26. The molecule has 6 heteroatoms. The van der Waals surface area contributed by atoms with Gasteiger partial charge in [-0.25, -0.2) is 0 Å². The van der Waals surface area contributed by atoms with E-state index in [2.05, 4.69) is 11.9 Å². The average Bonchev–Trinajstić information content (AvgIpc) is 2.89. The standard InChI is InChI=1S/C17H22N2O4/c1-3-4-7-23-16-6-5-11-10-18-13-9-14(20)15(22-2)8-12(13)17(21)19(11)16/h8-11,16,20H,3-7H2,1-2H3/t11-,16-/m0/s1. The molecule has 2 aliphatic rings. The first-order valence-corrected chi connectivity index (χ1v) is 8.05. The summed E-state index contributed by atoms with van der Waals surface area (Å²) in [5, 5.41) is 9.89. The Hall–Kier alpha value is -2.08. The lowest BCUT2D eigenvalue weighted by Gasteiger charge is -2.27. The van der Waals surface area contributed by atoms with Gasteiger partial charge in [-0.15, -0.1) is 0 Å². The van der Waals surface area contributed by atoms with E-state index in [0.717, 1.165) is 25.7 Å². The summed E-state index contributed by atoms with van der Waals surface area (Å²) in [7, 11) is 1.46. The van der Waals surface area contributed by atoms with Crippen molar-refractivity contribution in [2.24, 2.45) is 4.99 Å². The van der Waals surface area contributed by atoms with Crippen LogP contribution >= 0.6 is 0 Å². The van der Waals surface area contributed by atoms with E-state index >= 15 is 0 Å².